The van der Waals surface area contributed by atoms with Gasteiger partial charge in [0.15, 0.2) is 0 Å². The summed E-state index contributed by atoms with van der Waals surface area (Å²) in [5.74, 6) is 2.03. The normalized spacial score (nSPS) is 13.9. The summed E-state index contributed by atoms with van der Waals surface area (Å²) in [6.45, 7) is 20.5. The third kappa shape index (κ3) is 6.91. The van der Waals surface area contributed by atoms with E-state index in [2.05, 4.69) is 259 Å². The van der Waals surface area contributed by atoms with E-state index in [1.807, 2.05) is 12.3 Å². The Morgan fingerprint density at radius 2 is 1.07 bits per heavy atom. The fourth-order valence-corrected chi connectivity index (χ4v) is 11.4. The third-order valence-corrected chi connectivity index (χ3v) is 14.7. The number of hydrogen-bond acceptors (Lipinski definition) is 3. The molecule has 0 atom stereocenters. The Morgan fingerprint density at radius 3 is 1.72 bits per heavy atom. The van der Waals surface area contributed by atoms with Gasteiger partial charge in [0, 0.05) is 6.20 Å². The van der Waals surface area contributed by atoms with Crippen LogP contribution in [-0.4, -0.2) is 14.1 Å². The second kappa shape index (κ2) is 15.5. The summed E-state index contributed by atoms with van der Waals surface area (Å²) in [6, 6.07) is 64.7. The molecule has 9 aromatic rings. The summed E-state index contributed by atoms with van der Waals surface area (Å²) in [5, 5.41) is 0. The molecule has 5 nitrogen and oxygen atoms in total. The molecule has 6 heteroatoms. The van der Waals surface area contributed by atoms with Gasteiger partial charge in [-0.3, -0.25) is 0 Å². The van der Waals surface area contributed by atoms with Gasteiger partial charge in [-0.15, -0.1) is 0 Å². The van der Waals surface area contributed by atoms with Crippen LogP contribution in [0.1, 0.15) is 101 Å². The number of nitrogens with zero attached hydrogens (tertiary/aromatic N) is 4. The first-order valence-electron chi connectivity index (χ1n) is 23.2. The number of ether oxygens (including phenoxy) is 1. The molecule has 3 heterocycles. The average molecular weight is 1050 g/mol. The van der Waals surface area contributed by atoms with E-state index in [0.29, 0.717) is 11.5 Å². The monoisotopic (exact) mass is 1050 g/mol. The Labute approximate surface area is 405 Å². The Hall–Kier alpha value is -6.55. The van der Waals surface area contributed by atoms with Gasteiger partial charge in [0.25, 0.3) is 0 Å². The van der Waals surface area contributed by atoms with Crippen molar-refractivity contribution in [1.29, 1.82) is 0 Å². The quantitative estimate of drug-likeness (QED) is 0.161. The zero-order chi connectivity index (χ0) is 46.6. The molecule has 0 amide bonds. The summed E-state index contributed by atoms with van der Waals surface area (Å²) < 4.78 is 12.6. The fourth-order valence-electron chi connectivity index (χ4n) is 10.3. The summed E-state index contributed by atoms with van der Waals surface area (Å²) in [7, 11) is 0. The van der Waals surface area contributed by atoms with Crippen LogP contribution < -0.4 is 9.64 Å². The molecule has 7 aromatic carbocycles. The number of imidazole rings is 1. The van der Waals surface area contributed by atoms with E-state index in [0.717, 1.165) is 49.0 Å². The van der Waals surface area contributed by atoms with Crippen LogP contribution in [0.5, 0.6) is 11.5 Å². The fraction of sp³-hybridized carbons (Fsp3) is 0.213. The molecule has 67 heavy (non-hydrogen) atoms. The maximum absolute atomic E-state index is 6.92. The number of para-hydroxylation sites is 3. The van der Waals surface area contributed by atoms with Crippen LogP contribution in [0.3, 0.4) is 0 Å². The van der Waals surface area contributed by atoms with Crippen LogP contribution in [0.2, 0.25) is 0 Å². The first kappa shape index (κ1) is 43.0. The molecule has 0 fully saturated rings. The average Bonchev–Trinajstić information content (AvgIpc) is 3.77. The predicted molar refractivity (Wildman–Crippen MR) is 269 cm³/mol. The van der Waals surface area contributed by atoms with E-state index in [4.69, 9.17) is 9.72 Å². The molecule has 0 saturated heterocycles. The van der Waals surface area contributed by atoms with Gasteiger partial charge >= 0.3 is 286 Å². The van der Waals surface area contributed by atoms with Gasteiger partial charge in [0.1, 0.15) is 0 Å². The summed E-state index contributed by atoms with van der Waals surface area (Å²) in [5.41, 5.74) is 16.6. The molecule has 2 aromatic heterocycles. The minimum atomic E-state index is -0.597. The molecule has 1 spiro atoms. The summed E-state index contributed by atoms with van der Waals surface area (Å²) in [6.07, 6.45) is 1.93. The zero-order valence-electron chi connectivity index (χ0n) is 39.6. The first-order valence-corrected chi connectivity index (χ1v) is 24.3. The Morgan fingerprint density at radius 1 is 0.507 bits per heavy atom. The molecule has 0 radical (unpaired) electrons. The minimum absolute atomic E-state index is 0.0201. The maximum atomic E-state index is 6.92. The molecule has 1 aliphatic heterocycles. The molecular weight excluding hydrogens is 1000 g/mol. The van der Waals surface area contributed by atoms with Crippen LogP contribution in [0.25, 0.3) is 33.5 Å². The van der Waals surface area contributed by atoms with Crippen molar-refractivity contribution in [2.75, 3.05) is 4.90 Å². The van der Waals surface area contributed by atoms with Gasteiger partial charge in [-0.1, -0.05) is 87.5 Å². The van der Waals surface area contributed by atoms with Gasteiger partial charge in [0.2, 0.25) is 0 Å². The molecule has 336 valence electrons. The van der Waals surface area contributed by atoms with Crippen LogP contribution >= 0.6 is 0 Å². The first-order chi connectivity index (χ1) is 32.0. The SMILES string of the molecule is CC(C)(C)c1cc(-n2[c](=[Pt])n(-c3[c-]c(Oc4[c-]c5c(cc4)C4(c6ccccc6-c6ccccc64)c4ccccc4N5c4cc(C(C)(C)C)ccn4)ccc3)c3ccccc32)cc(C(C)(C)C)c1. The third-order valence-electron chi connectivity index (χ3n) is 13.7. The van der Waals surface area contributed by atoms with Gasteiger partial charge in [-0.25, -0.2) is 0 Å². The van der Waals surface area contributed by atoms with Crippen molar-refractivity contribution in [3.05, 3.63) is 219 Å². The topological polar surface area (TPSA) is 35.2 Å². The number of rotatable bonds is 5. The number of benzene rings is 7. The molecule has 0 N–H and O–H groups in total. The van der Waals surface area contributed by atoms with Gasteiger partial charge in [0.05, 0.1) is 0 Å². The van der Waals surface area contributed by atoms with Crippen molar-refractivity contribution >= 4 is 28.2 Å². The standard InChI is InChI=1S/C61H54N4O.Pt/c1-58(2,3)40-31-32-62-57(36-40)65-53-26-15-14-25-51(53)61(49-23-12-10-21-47(49)48-22-11-13-24-50(48)61)52-30-29-46(38-56(52)65)66-45-20-18-19-43(37-45)63-39-64(55-28-17-16-27-54(55)63)44-34-41(59(4,5)6)33-42(35-44)60(7,8)9;/h10-36H,1-9H3;/q-2;. The number of anilines is 3. The van der Waals surface area contributed by atoms with Crippen LogP contribution in [0.4, 0.5) is 17.2 Å². The second-order valence-electron chi connectivity index (χ2n) is 21.1. The molecule has 0 saturated carbocycles. The Bertz CT molecular complexity index is 3420. The zero-order valence-corrected chi connectivity index (χ0v) is 41.9. The van der Waals surface area contributed by atoms with E-state index in [-0.39, 0.29) is 16.2 Å². The van der Waals surface area contributed by atoms with E-state index in [1.165, 1.54) is 44.5 Å². The molecule has 2 aliphatic rings. The molecule has 1 aliphatic carbocycles. The molecule has 0 bridgehead atoms. The van der Waals surface area contributed by atoms with Gasteiger partial charge in [-0.05, 0) is 28.2 Å². The van der Waals surface area contributed by atoms with Crippen LogP contribution in [0, 0.1) is 15.9 Å². The summed E-state index contributed by atoms with van der Waals surface area (Å²) in [4.78, 5) is 7.37. The number of pyridine rings is 1. The van der Waals surface area contributed by atoms with Crippen molar-refractivity contribution in [2.24, 2.45) is 0 Å². The summed E-state index contributed by atoms with van der Waals surface area (Å²) >= 11 is 2.48. The van der Waals surface area contributed by atoms with Crippen molar-refractivity contribution in [1.82, 2.24) is 14.1 Å². The van der Waals surface area contributed by atoms with Crippen molar-refractivity contribution < 1.29 is 24.1 Å². The Kier molecular flexibility index (Phi) is 9.96. The van der Waals surface area contributed by atoms with Gasteiger partial charge in [-0.2, -0.15) is 0 Å². The van der Waals surface area contributed by atoms with E-state index < -0.39 is 5.41 Å². The predicted octanol–water partition coefficient (Wildman–Crippen LogP) is 15.3. The van der Waals surface area contributed by atoms with Crippen LogP contribution in [-0.2, 0) is 41.0 Å². The van der Waals surface area contributed by atoms with Gasteiger partial charge < -0.3 is 0 Å². The van der Waals surface area contributed by atoms with E-state index in [1.54, 1.807) is 0 Å². The van der Waals surface area contributed by atoms with E-state index >= 15 is 0 Å². The molecular formula is C61H54N4OPt-2. The second-order valence-corrected chi connectivity index (χ2v) is 22.1. The number of aromatic nitrogens is 3. The van der Waals surface area contributed by atoms with E-state index in [9.17, 15) is 0 Å². The van der Waals surface area contributed by atoms with Crippen molar-refractivity contribution in [2.45, 2.75) is 84.0 Å². The molecule has 11 rings (SSSR count). The number of hydrogen-bond donors (Lipinski definition) is 0. The van der Waals surface area contributed by atoms with Crippen LogP contribution in [0.15, 0.2) is 164 Å². The van der Waals surface area contributed by atoms with Crippen molar-refractivity contribution in [3.63, 3.8) is 0 Å². The number of fused-ring (bicyclic) bond motifs is 10. The molecule has 0 unspecified atom stereocenters. The Balaban J connectivity index is 1.07. The van der Waals surface area contributed by atoms with Crippen molar-refractivity contribution in [3.8, 4) is 34.0 Å².